The topological polar surface area (TPSA) is 133 Å². The van der Waals surface area contributed by atoms with Crippen LogP contribution in [0.5, 0.6) is 0 Å². The van der Waals surface area contributed by atoms with Crippen molar-refractivity contribution in [3.8, 4) is 0 Å². The lowest BCUT2D eigenvalue weighted by atomic mass is 9.92. The Bertz CT molecular complexity index is 1410. The molecule has 0 saturated carbocycles. The number of Topliss-reactive ketones (excluding diaryl/α,β-unsaturated/α-hetero) is 1. The average molecular weight is 562 g/mol. The smallest absolute Gasteiger partial charge is 0.307 e. The SMILES string of the molecule is CCOP(=O)(OCC)C1(NS(=O)(=O)CC)C=C(S(=O)(=O)c2ccc(Cl)cc2)C(=O)c2ccccc21. The highest BCUT2D eigenvalue weighted by Crippen LogP contribution is 2.66. The number of sulfone groups is 1. The van der Waals surface area contributed by atoms with Gasteiger partial charge < -0.3 is 9.05 Å². The third kappa shape index (κ3) is 5.04. The molecule has 2 aromatic carbocycles. The summed E-state index contributed by atoms with van der Waals surface area (Å²) in [5.41, 5.74) is -0.191. The quantitative estimate of drug-likeness (QED) is 0.426. The van der Waals surface area contributed by atoms with Gasteiger partial charge in [0.05, 0.1) is 23.9 Å². The fraction of sp³-hybridized carbons (Fsp3) is 0.318. The standard InChI is InChI=1S/C22H25ClNO8PS2/c1-4-31-33(26,32-5-2)22(24-34(27,28)6-3)15-20(21(25)18-9-7-8-10-19(18)22)35(29,30)17-13-11-16(23)12-14-17/h7-15,24H,4-6H2,1-3H3. The van der Waals surface area contributed by atoms with Gasteiger partial charge in [-0.25, -0.2) is 16.8 Å². The van der Waals surface area contributed by atoms with Crippen molar-refractivity contribution in [2.24, 2.45) is 0 Å². The summed E-state index contributed by atoms with van der Waals surface area (Å²) in [6, 6.07) is 10.8. The number of fused-ring (bicyclic) bond motifs is 1. The summed E-state index contributed by atoms with van der Waals surface area (Å²) in [7, 11) is -13.2. The number of halogens is 1. The van der Waals surface area contributed by atoms with Crippen LogP contribution in [0.1, 0.15) is 36.7 Å². The summed E-state index contributed by atoms with van der Waals surface area (Å²) >= 11 is 5.88. The summed E-state index contributed by atoms with van der Waals surface area (Å²) in [5.74, 6) is -1.31. The van der Waals surface area contributed by atoms with Gasteiger partial charge >= 0.3 is 7.60 Å². The van der Waals surface area contributed by atoms with Crippen molar-refractivity contribution in [2.45, 2.75) is 30.9 Å². The van der Waals surface area contributed by atoms with Gasteiger partial charge in [-0.15, -0.1) is 0 Å². The van der Waals surface area contributed by atoms with Gasteiger partial charge in [-0.2, -0.15) is 4.72 Å². The van der Waals surface area contributed by atoms with E-state index in [1.807, 2.05) is 0 Å². The molecule has 1 aliphatic carbocycles. The number of rotatable bonds is 10. The molecule has 0 fully saturated rings. The monoisotopic (exact) mass is 561 g/mol. The predicted octanol–water partition coefficient (Wildman–Crippen LogP) is 4.25. The van der Waals surface area contributed by atoms with E-state index in [1.54, 1.807) is 0 Å². The second kappa shape index (κ2) is 10.3. The van der Waals surface area contributed by atoms with Crippen LogP contribution in [-0.2, 0) is 38.8 Å². The number of hydrogen-bond donors (Lipinski definition) is 1. The van der Waals surface area contributed by atoms with Crippen molar-refractivity contribution in [2.75, 3.05) is 19.0 Å². The number of benzene rings is 2. The molecule has 190 valence electrons. The summed E-state index contributed by atoms with van der Waals surface area (Å²) in [4.78, 5) is 12.4. The molecule has 2 aromatic rings. The van der Waals surface area contributed by atoms with Gasteiger partial charge in [-0.3, -0.25) is 9.36 Å². The molecule has 0 radical (unpaired) electrons. The fourth-order valence-corrected chi connectivity index (χ4v) is 8.91. The molecular formula is C22H25ClNO8PS2. The average Bonchev–Trinajstić information content (AvgIpc) is 2.81. The fourth-order valence-electron chi connectivity index (χ4n) is 3.68. The van der Waals surface area contributed by atoms with Crippen molar-refractivity contribution >= 4 is 44.8 Å². The summed E-state index contributed by atoms with van der Waals surface area (Å²) < 4.78 is 80.6. The van der Waals surface area contributed by atoms with E-state index in [2.05, 4.69) is 4.72 Å². The third-order valence-corrected chi connectivity index (χ3v) is 11.4. The zero-order valence-corrected chi connectivity index (χ0v) is 22.5. The molecule has 0 aliphatic heterocycles. The number of allylic oxidation sites excluding steroid dienone is 1. The molecule has 0 bridgehead atoms. The van der Waals surface area contributed by atoms with Gasteiger partial charge in [0.15, 0.2) is 5.28 Å². The number of nitrogens with one attached hydrogen (secondary N) is 1. The summed E-state index contributed by atoms with van der Waals surface area (Å²) in [6.45, 7) is 4.13. The normalized spacial score (nSPS) is 18.7. The Morgan fingerprint density at radius 1 is 0.943 bits per heavy atom. The lowest BCUT2D eigenvalue weighted by Crippen LogP contribution is -2.49. The minimum absolute atomic E-state index is 0.0395. The Morgan fingerprint density at radius 2 is 1.51 bits per heavy atom. The van der Waals surface area contributed by atoms with Crippen molar-refractivity contribution in [3.05, 3.63) is 75.7 Å². The lowest BCUT2D eigenvalue weighted by molar-refractivity contribution is 0.103. The molecule has 0 aromatic heterocycles. The third-order valence-electron chi connectivity index (χ3n) is 5.28. The number of sulfonamides is 1. The van der Waals surface area contributed by atoms with Crippen LogP contribution in [0.4, 0.5) is 0 Å². The Balaban J connectivity index is 2.47. The van der Waals surface area contributed by atoms with Gasteiger partial charge in [0.25, 0.3) is 0 Å². The predicted molar refractivity (Wildman–Crippen MR) is 133 cm³/mol. The number of carbonyl (C=O) groups is 1. The first-order valence-electron chi connectivity index (χ1n) is 10.7. The molecule has 13 heteroatoms. The van der Waals surface area contributed by atoms with E-state index in [9.17, 15) is 26.2 Å². The Hall–Kier alpha value is -1.85. The summed E-state index contributed by atoms with van der Waals surface area (Å²) in [5, 5.41) is -2.05. The molecule has 0 amide bonds. The second-order valence-corrected chi connectivity index (χ2v) is 14.0. The van der Waals surface area contributed by atoms with Crippen LogP contribution < -0.4 is 4.72 Å². The molecule has 3 rings (SSSR count). The Kier molecular flexibility index (Phi) is 8.13. The lowest BCUT2D eigenvalue weighted by Gasteiger charge is -2.40. The molecule has 1 atom stereocenters. The molecule has 9 nitrogen and oxygen atoms in total. The summed E-state index contributed by atoms with van der Waals surface area (Å²) in [6.07, 6.45) is 0.848. The maximum atomic E-state index is 14.3. The number of carbonyl (C=O) groups excluding carboxylic acids is 1. The van der Waals surface area contributed by atoms with Crippen molar-refractivity contribution < 1.29 is 35.2 Å². The highest BCUT2D eigenvalue weighted by molar-refractivity contribution is 7.96. The first-order chi connectivity index (χ1) is 16.4. The first kappa shape index (κ1) is 27.7. The van der Waals surface area contributed by atoms with Crippen molar-refractivity contribution in [1.82, 2.24) is 4.72 Å². The van der Waals surface area contributed by atoms with Crippen LogP contribution in [0.3, 0.4) is 0 Å². The minimum atomic E-state index is -4.51. The van der Waals surface area contributed by atoms with Gasteiger partial charge in [-0.05, 0) is 51.1 Å². The molecule has 0 spiro atoms. The van der Waals surface area contributed by atoms with E-state index in [-0.39, 0.29) is 34.3 Å². The Morgan fingerprint density at radius 3 is 2.06 bits per heavy atom. The van der Waals surface area contributed by atoms with Crippen LogP contribution in [-0.4, -0.2) is 41.6 Å². The van der Waals surface area contributed by atoms with Gasteiger partial charge in [-0.1, -0.05) is 35.9 Å². The maximum Gasteiger partial charge on any atom is 0.360 e. The van der Waals surface area contributed by atoms with Crippen LogP contribution in [0, 0.1) is 0 Å². The molecule has 1 aliphatic rings. The molecule has 0 saturated heterocycles. The van der Waals surface area contributed by atoms with Crippen LogP contribution >= 0.6 is 19.2 Å². The highest BCUT2D eigenvalue weighted by atomic mass is 35.5. The Labute approximate surface area is 210 Å². The molecule has 1 N–H and O–H groups in total. The largest absolute Gasteiger partial charge is 0.360 e. The van der Waals surface area contributed by atoms with Crippen LogP contribution in [0.2, 0.25) is 5.02 Å². The van der Waals surface area contributed by atoms with E-state index in [4.69, 9.17) is 20.6 Å². The molecular weight excluding hydrogens is 537 g/mol. The van der Waals surface area contributed by atoms with Gasteiger partial charge in [0, 0.05) is 16.1 Å². The highest BCUT2D eigenvalue weighted by Gasteiger charge is 2.58. The second-order valence-electron chi connectivity index (χ2n) is 7.45. The van der Waals surface area contributed by atoms with E-state index in [0.29, 0.717) is 0 Å². The molecule has 1 unspecified atom stereocenters. The van der Waals surface area contributed by atoms with Crippen molar-refractivity contribution in [1.29, 1.82) is 0 Å². The van der Waals surface area contributed by atoms with Crippen molar-refractivity contribution in [3.63, 3.8) is 0 Å². The first-order valence-corrected chi connectivity index (χ1v) is 15.7. The van der Waals surface area contributed by atoms with E-state index >= 15 is 0 Å². The molecule has 35 heavy (non-hydrogen) atoms. The van der Waals surface area contributed by atoms with E-state index in [1.165, 1.54) is 69.3 Å². The van der Waals surface area contributed by atoms with E-state index < -0.39 is 49.2 Å². The zero-order valence-electron chi connectivity index (χ0n) is 19.2. The zero-order chi connectivity index (χ0) is 26.1. The molecule has 0 heterocycles. The van der Waals surface area contributed by atoms with E-state index in [0.717, 1.165) is 6.08 Å². The number of ketones is 1. The van der Waals surface area contributed by atoms with Crippen LogP contribution in [0.15, 0.2) is 64.4 Å². The minimum Gasteiger partial charge on any atom is -0.307 e. The number of hydrogen-bond acceptors (Lipinski definition) is 8. The maximum absolute atomic E-state index is 14.3. The van der Waals surface area contributed by atoms with Crippen LogP contribution in [0.25, 0.3) is 0 Å². The van der Waals surface area contributed by atoms with Gasteiger partial charge in [0.1, 0.15) is 4.91 Å². The van der Waals surface area contributed by atoms with Gasteiger partial charge in [0.2, 0.25) is 25.6 Å².